The van der Waals surface area contributed by atoms with E-state index in [1.807, 2.05) is 11.3 Å². The predicted octanol–water partition coefficient (Wildman–Crippen LogP) is 5.30. The lowest BCUT2D eigenvalue weighted by Crippen LogP contribution is -2.23. The number of hydrogen-bond donors (Lipinski definition) is 1. The van der Waals surface area contributed by atoms with Crippen molar-refractivity contribution >= 4 is 21.4 Å². The predicted molar refractivity (Wildman–Crippen MR) is 93.1 cm³/mol. The fraction of sp³-hybridized carbons (Fsp3) is 0.263. The van der Waals surface area contributed by atoms with Crippen LogP contribution in [0.3, 0.4) is 0 Å². The molecule has 1 unspecified atom stereocenters. The molecule has 0 aliphatic rings. The smallest absolute Gasteiger partial charge is 0.0590 e. The summed E-state index contributed by atoms with van der Waals surface area (Å²) >= 11 is 1.83. The lowest BCUT2D eigenvalue weighted by Gasteiger charge is -2.20. The number of thiophene rings is 1. The summed E-state index contributed by atoms with van der Waals surface area (Å²) in [5.74, 6) is 0. The third-order valence-electron chi connectivity index (χ3n) is 3.83. The van der Waals surface area contributed by atoms with Crippen molar-refractivity contribution in [3.8, 4) is 0 Å². The minimum Gasteiger partial charge on any atom is -0.306 e. The van der Waals surface area contributed by atoms with Crippen LogP contribution in [0.2, 0.25) is 0 Å². The topological polar surface area (TPSA) is 12.0 Å². The first-order valence-electron chi connectivity index (χ1n) is 7.55. The van der Waals surface area contributed by atoms with Gasteiger partial charge in [0.2, 0.25) is 0 Å². The maximum Gasteiger partial charge on any atom is 0.0590 e. The average molecular weight is 295 g/mol. The molecular formula is C19H21NS. The van der Waals surface area contributed by atoms with Crippen LogP contribution in [0, 0.1) is 6.92 Å². The second-order valence-electron chi connectivity index (χ2n) is 5.48. The highest BCUT2D eigenvalue weighted by Crippen LogP contribution is 2.32. The number of benzene rings is 2. The molecule has 21 heavy (non-hydrogen) atoms. The Kier molecular flexibility index (Phi) is 4.37. The van der Waals surface area contributed by atoms with Gasteiger partial charge < -0.3 is 5.32 Å². The van der Waals surface area contributed by atoms with Gasteiger partial charge in [0.25, 0.3) is 0 Å². The van der Waals surface area contributed by atoms with E-state index in [1.54, 1.807) is 0 Å². The summed E-state index contributed by atoms with van der Waals surface area (Å²) in [5, 5.41) is 7.23. The number of hydrogen-bond acceptors (Lipinski definition) is 2. The largest absolute Gasteiger partial charge is 0.306 e. The van der Waals surface area contributed by atoms with Gasteiger partial charge >= 0.3 is 0 Å². The normalized spacial score (nSPS) is 12.7. The Balaban J connectivity index is 2.06. The molecule has 1 N–H and O–H groups in total. The van der Waals surface area contributed by atoms with Crippen molar-refractivity contribution in [3.63, 3.8) is 0 Å². The van der Waals surface area contributed by atoms with E-state index < -0.39 is 0 Å². The third-order valence-corrected chi connectivity index (χ3v) is 4.81. The molecule has 3 rings (SSSR count). The highest BCUT2D eigenvalue weighted by Gasteiger charge is 2.16. The first kappa shape index (κ1) is 14.3. The molecule has 0 aliphatic carbocycles. The summed E-state index contributed by atoms with van der Waals surface area (Å²) in [7, 11) is 0. The zero-order valence-corrected chi connectivity index (χ0v) is 13.4. The van der Waals surface area contributed by atoms with E-state index in [2.05, 4.69) is 73.1 Å². The monoisotopic (exact) mass is 295 g/mol. The summed E-state index contributed by atoms with van der Waals surface area (Å²) < 4.78 is 1.40. The number of aryl methyl sites for hydroxylation is 1. The van der Waals surface area contributed by atoms with Crippen LogP contribution in [0.15, 0.2) is 53.9 Å². The zero-order chi connectivity index (χ0) is 14.7. The molecule has 1 atom stereocenters. The molecule has 0 aliphatic heterocycles. The maximum atomic E-state index is 3.71. The Morgan fingerprint density at radius 2 is 1.86 bits per heavy atom. The summed E-state index contributed by atoms with van der Waals surface area (Å²) in [6, 6.07) is 18.0. The summed E-state index contributed by atoms with van der Waals surface area (Å²) in [6.45, 7) is 5.38. The van der Waals surface area contributed by atoms with Gasteiger partial charge in [0, 0.05) is 4.70 Å². The number of nitrogens with one attached hydrogen (secondary N) is 1. The molecule has 2 aromatic carbocycles. The second-order valence-corrected chi connectivity index (χ2v) is 6.40. The van der Waals surface area contributed by atoms with Gasteiger partial charge in [-0.1, -0.05) is 55.0 Å². The Morgan fingerprint density at radius 3 is 2.62 bits per heavy atom. The minimum atomic E-state index is 0.271. The van der Waals surface area contributed by atoms with Crippen LogP contribution in [0.1, 0.15) is 36.1 Å². The number of fused-ring (bicyclic) bond motifs is 1. The van der Waals surface area contributed by atoms with E-state index in [0.717, 1.165) is 13.0 Å². The van der Waals surface area contributed by atoms with E-state index in [4.69, 9.17) is 0 Å². The summed E-state index contributed by atoms with van der Waals surface area (Å²) in [6.07, 6.45) is 1.14. The van der Waals surface area contributed by atoms with E-state index in [-0.39, 0.29) is 6.04 Å². The fourth-order valence-electron chi connectivity index (χ4n) is 2.70. The lowest BCUT2D eigenvalue weighted by atomic mass is 9.97. The van der Waals surface area contributed by atoms with Crippen molar-refractivity contribution in [1.29, 1.82) is 0 Å². The first-order valence-corrected chi connectivity index (χ1v) is 8.43. The van der Waals surface area contributed by atoms with Gasteiger partial charge in [-0.2, -0.15) is 0 Å². The van der Waals surface area contributed by atoms with Gasteiger partial charge in [-0.05, 0) is 47.8 Å². The molecule has 108 valence electrons. The van der Waals surface area contributed by atoms with E-state index in [1.165, 1.54) is 26.8 Å². The molecule has 0 saturated heterocycles. The molecule has 0 saturated carbocycles. The fourth-order valence-corrected chi connectivity index (χ4v) is 3.64. The van der Waals surface area contributed by atoms with Crippen LogP contribution < -0.4 is 5.32 Å². The first-order chi connectivity index (χ1) is 10.3. The number of rotatable bonds is 5. The average Bonchev–Trinajstić information content (AvgIpc) is 2.98. The molecule has 1 heterocycles. The van der Waals surface area contributed by atoms with Crippen molar-refractivity contribution in [2.45, 2.75) is 26.3 Å². The molecule has 0 amide bonds. The molecule has 1 aromatic heterocycles. The van der Waals surface area contributed by atoms with Crippen LogP contribution in [-0.2, 0) is 0 Å². The quantitative estimate of drug-likeness (QED) is 0.673. The van der Waals surface area contributed by atoms with Gasteiger partial charge in [-0.15, -0.1) is 11.3 Å². The Labute approximate surface area is 130 Å². The van der Waals surface area contributed by atoms with Crippen molar-refractivity contribution in [3.05, 3.63) is 70.6 Å². The Hall–Kier alpha value is -1.64. The van der Waals surface area contributed by atoms with Gasteiger partial charge in [0.15, 0.2) is 0 Å². The molecule has 0 radical (unpaired) electrons. The van der Waals surface area contributed by atoms with E-state index in [9.17, 15) is 0 Å². The summed E-state index contributed by atoms with van der Waals surface area (Å²) in [5.41, 5.74) is 4.04. The highest BCUT2D eigenvalue weighted by molar-refractivity contribution is 7.17. The zero-order valence-electron chi connectivity index (χ0n) is 12.6. The maximum absolute atomic E-state index is 3.71. The van der Waals surface area contributed by atoms with Crippen LogP contribution in [0.4, 0.5) is 0 Å². The van der Waals surface area contributed by atoms with Crippen molar-refractivity contribution in [2.75, 3.05) is 6.54 Å². The molecular weight excluding hydrogens is 274 g/mol. The van der Waals surface area contributed by atoms with E-state index in [0.29, 0.717) is 0 Å². The summed E-state index contributed by atoms with van der Waals surface area (Å²) in [4.78, 5) is 0. The molecule has 0 bridgehead atoms. The van der Waals surface area contributed by atoms with Crippen LogP contribution >= 0.6 is 11.3 Å². The minimum absolute atomic E-state index is 0.271. The standard InChI is InChI=1S/C19H21NS/c1-3-12-20-18(15-9-7-14(2)8-10-15)17-6-4-5-16-11-13-21-19(16)17/h4-11,13,18,20H,3,12H2,1-2H3. The van der Waals surface area contributed by atoms with Crippen molar-refractivity contribution in [1.82, 2.24) is 5.32 Å². The highest BCUT2D eigenvalue weighted by atomic mass is 32.1. The van der Waals surface area contributed by atoms with Crippen LogP contribution in [0.5, 0.6) is 0 Å². The molecule has 0 spiro atoms. The molecule has 1 nitrogen and oxygen atoms in total. The van der Waals surface area contributed by atoms with Gasteiger partial charge in [0.05, 0.1) is 6.04 Å². The van der Waals surface area contributed by atoms with Gasteiger partial charge in [-0.25, -0.2) is 0 Å². The van der Waals surface area contributed by atoms with Crippen molar-refractivity contribution < 1.29 is 0 Å². The van der Waals surface area contributed by atoms with Crippen molar-refractivity contribution in [2.24, 2.45) is 0 Å². The van der Waals surface area contributed by atoms with Crippen LogP contribution in [-0.4, -0.2) is 6.54 Å². The van der Waals surface area contributed by atoms with Gasteiger partial charge in [-0.3, -0.25) is 0 Å². The second kappa shape index (κ2) is 6.42. The van der Waals surface area contributed by atoms with Crippen LogP contribution in [0.25, 0.3) is 10.1 Å². The SMILES string of the molecule is CCCNC(c1ccc(C)cc1)c1cccc2ccsc12. The molecule has 0 fully saturated rings. The van der Waals surface area contributed by atoms with Gasteiger partial charge in [0.1, 0.15) is 0 Å². The lowest BCUT2D eigenvalue weighted by molar-refractivity contribution is 0.602. The Bertz CT molecular complexity index is 712. The molecule has 3 aromatic rings. The molecule has 2 heteroatoms. The Morgan fingerprint density at radius 1 is 1.05 bits per heavy atom. The third kappa shape index (κ3) is 3.02. The van der Waals surface area contributed by atoms with E-state index >= 15 is 0 Å².